The highest BCUT2D eigenvalue weighted by atomic mass is 16.6. The minimum absolute atomic E-state index is 0.0152. The molecule has 2 spiro atoms. The topological polar surface area (TPSA) is 134 Å². The van der Waals surface area contributed by atoms with Crippen molar-refractivity contribution in [2.24, 2.45) is 17.8 Å². The van der Waals surface area contributed by atoms with E-state index >= 15 is 0 Å². The molecule has 0 radical (unpaired) electrons. The summed E-state index contributed by atoms with van der Waals surface area (Å²) in [4.78, 5) is 72.0. The van der Waals surface area contributed by atoms with Gasteiger partial charge in [-0.25, -0.2) is 9.59 Å². The number of nitrogens with one attached hydrogen (secondary N) is 2. The first-order valence-corrected chi connectivity index (χ1v) is 21.1. The Kier molecular flexibility index (Phi) is 13.2. The first kappa shape index (κ1) is 42.7. The summed E-state index contributed by atoms with van der Waals surface area (Å²) in [5, 5.41) is 6.48. The predicted molar refractivity (Wildman–Crippen MR) is 222 cm³/mol. The lowest BCUT2D eigenvalue weighted by atomic mass is 9.62. The minimum Gasteiger partial charge on any atom is -0.445 e. The number of ether oxygens (including phenoxy) is 2. The number of carbonyl (C=O) groups is 5. The number of rotatable bonds is 13. The molecule has 11 heteroatoms. The van der Waals surface area contributed by atoms with E-state index in [0.717, 1.165) is 24.0 Å². The maximum absolute atomic E-state index is 14.9. The Labute approximate surface area is 344 Å². The van der Waals surface area contributed by atoms with E-state index in [9.17, 15) is 24.0 Å². The molecule has 4 aliphatic rings. The van der Waals surface area contributed by atoms with Crippen molar-refractivity contribution in [3.8, 4) is 0 Å². The molecule has 6 atom stereocenters. The van der Waals surface area contributed by atoms with Gasteiger partial charge in [-0.3, -0.25) is 14.4 Å². The lowest BCUT2D eigenvalue weighted by molar-refractivity contribution is -0.140. The summed E-state index contributed by atoms with van der Waals surface area (Å²) in [6, 6.07) is 19.2. The minimum atomic E-state index is -1.23. The van der Waals surface area contributed by atoms with E-state index in [0.29, 0.717) is 77.3 Å². The maximum Gasteiger partial charge on any atom is 0.410 e. The van der Waals surface area contributed by atoms with Gasteiger partial charge in [-0.1, -0.05) is 72.8 Å². The van der Waals surface area contributed by atoms with Crippen LogP contribution < -0.4 is 10.6 Å². The van der Waals surface area contributed by atoms with Gasteiger partial charge in [0.05, 0.1) is 0 Å². The van der Waals surface area contributed by atoms with Crippen molar-refractivity contribution in [1.82, 2.24) is 20.4 Å². The quantitative estimate of drug-likeness (QED) is 0.196. The van der Waals surface area contributed by atoms with Crippen molar-refractivity contribution in [1.29, 1.82) is 0 Å². The van der Waals surface area contributed by atoms with Crippen LogP contribution in [0, 0.1) is 17.8 Å². The lowest BCUT2D eigenvalue weighted by Crippen LogP contribution is -2.69. The van der Waals surface area contributed by atoms with Gasteiger partial charge in [0.25, 0.3) is 0 Å². The predicted octanol–water partition coefficient (Wildman–Crippen LogP) is 8.04. The van der Waals surface area contributed by atoms with Crippen LogP contribution in [0.4, 0.5) is 9.59 Å². The molecule has 0 aromatic heterocycles. The summed E-state index contributed by atoms with van der Waals surface area (Å²) in [6.45, 7) is 14.7. The highest BCUT2D eigenvalue weighted by Gasteiger charge is 2.58. The molecule has 2 heterocycles. The normalized spacial score (nSPS) is 28.3. The summed E-state index contributed by atoms with van der Waals surface area (Å²) in [5.41, 5.74) is -1.18. The van der Waals surface area contributed by atoms with Crippen LogP contribution in [0.25, 0.3) is 0 Å². The molecule has 2 saturated carbocycles. The number of likely N-dealkylation sites (tertiary alicyclic amines) is 2. The molecule has 2 aliphatic carbocycles. The van der Waals surface area contributed by atoms with E-state index in [2.05, 4.69) is 23.8 Å². The third-order valence-electron chi connectivity index (χ3n) is 13.3. The van der Waals surface area contributed by atoms with Crippen LogP contribution in [0.1, 0.15) is 109 Å². The Morgan fingerprint density at radius 3 is 2.03 bits per heavy atom. The average Bonchev–Trinajstić information content (AvgIpc) is 3.76. The summed E-state index contributed by atoms with van der Waals surface area (Å²) in [5.74, 6) is -0.875. The van der Waals surface area contributed by atoms with Crippen molar-refractivity contribution in [2.45, 2.75) is 133 Å². The van der Waals surface area contributed by atoms with Crippen LogP contribution in [0.2, 0.25) is 0 Å². The Balaban J connectivity index is 1.18. The van der Waals surface area contributed by atoms with Crippen LogP contribution in [0.15, 0.2) is 86.0 Å². The van der Waals surface area contributed by atoms with E-state index in [1.807, 2.05) is 84.3 Å². The number of hydrogen-bond donors (Lipinski definition) is 2. The maximum atomic E-state index is 14.9. The van der Waals surface area contributed by atoms with Crippen LogP contribution in [0.5, 0.6) is 0 Å². The summed E-state index contributed by atoms with van der Waals surface area (Å²) in [6.07, 6.45) is 9.63. The third kappa shape index (κ3) is 9.34. The highest BCUT2D eigenvalue weighted by Crippen LogP contribution is 2.51. The molecular weight excluding hydrogens is 733 g/mol. The Morgan fingerprint density at radius 1 is 0.810 bits per heavy atom. The number of carbonyl (C=O) groups excluding carboxylic acids is 5. The number of hydrogen-bond acceptors (Lipinski definition) is 7. The molecule has 4 fully saturated rings. The third-order valence-corrected chi connectivity index (χ3v) is 13.3. The van der Waals surface area contributed by atoms with Crippen LogP contribution in [-0.2, 0) is 37.1 Å². The van der Waals surface area contributed by atoms with Gasteiger partial charge < -0.3 is 29.9 Å². The molecule has 2 aliphatic heterocycles. The zero-order chi connectivity index (χ0) is 41.6. The molecule has 58 heavy (non-hydrogen) atoms. The molecule has 11 nitrogen and oxygen atoms in total. The summed E-state index contributed by atoms with van der Waals surface area (Å²) < 4.78 is 11.7. The van der Waals surface area contributed by atoms with Crippen LogP contribution >= 0.6 is 0 Å². The lowest BCUT2D eigenvalue weighted by Gasteiger charge is -2.52. The second kappa shape index (κ2) is 17.9. The molecule has 4 amide bonds. The van der Waals surface area contributed by atoms with Crippen molar-refractivity contribution >= 4 is 29.8 Å². The number of Topliss-reactive ketones (excluding diaryl/α,β-unsaturated/α-hetero) is 1. The number of benzene rings is 2. The molecule has 2 aromatic carbocycles. The van der Waals surface area contributed by atoms with Gasteiger partial charge in [-0.05, 0) is 107 Å². The molecule has 2 saturated heterocycles. The summed E-state index contributed by atoms with van der Waals surface area (Å²) in [7, 11) is 0. The zero-order valence-electron chi connectivity index (χ0n) is 34.6. The van der Waals surface area contributed by atoms with Crippen LogP contribution in [0.3, 0.4) is 0 Å². The van der Waals surface area contributed by atoms with E-state index in [1.165, 1.54) is 6.92 Å². The van der Waals surface area contributed by atoms with Crippen molar-refractivity contribution in [3.05, 3.63) is 97.1 Å². The van der Waals surface area contributed by atoms with E-state index in [-0.39, 0.29) is 54.7 Å². The van der Waals surface area contributed by atoms with Gasteiger partial charge in [0.2, 0.25) is 11.8 Å². The van der Waals surface area contributed by atoms with Gasteiger partial charge in [-0.15, -0.1) is 13.2 Å². The average molecular weight is 795 g/mol. The molecule has 2 N–H and O–H groups in total. The number of allylic oxidation sites excluding steroid dienone is 2. The molecule has 312 valence electrons. The molecule has 2 aromatic rings. The van der Waals surface area contributed by atoms with Crippen molar-refractivity contribution < 1.29 is 33.4 Å². The fourth-order valence-corrected chi connectivity index (χ4v) is 10.8. The molecule has 6 unspecified atom stereocenters. The summed E-state index contributed by atoms with van der Waals surface area (Å²) >= 11 is 0. The van der Waals surface area contributed by atoms with E-state index < -0.39 is 28.2 Å². The molecular formula is C47H62N4O7. The van der Waals surface area contributed by atoms with E-state index in [1.54, 1.807) is 12.2 Å². The molecule has 0 bridgehead atoms. The molecule has 6 rings (SSSR count). The largest absolute Gasteiger partial charge is 0.445 e. The number of amides is 4. The first-order chi connectivity index (χ1) is 27.7. The van der Waals surface area contributed by atoms with E-state index in [4.69, 9.17) is 9.47 Å². The SMILES string of the molecule is C=CCC1CC2(CCC1=O)CC(CC(C)(C)NC(=O)C1(NC(C)=O)CCC3(CCCN3C(=O)OCc3ccccc3)CC1CC=C)CN2C(=O)OCc1ccccc1. The Morgan fingerprint density at radius 2 is 1.43 bits per heavy atom. The zero-order valence-corrected chi connectivity index (χ0v) is 34.6. The second-order valence-corrected chi connectivity index (χ2v) is 18.0. The van der Waals surface area contributed by atoms with Crippen molar-refractivity contribution in [2.75, 3.05) is 13.1 Å². The monoisotopic (exact) mass is 794 g/mol. The van der Waals surface area contributed by atoms with Crippen molar-refractivity contribution in [3.63, 3.8) is 0 Å². The number of ketones is 1. The van der Waals surface area contributed by atoms with Crippen LogP contribution in [-0.4, -0.2) is 74.8 Å². The Hall–Kier alpha value is -4.93. The highest BCUT2D eigenvalue weighted by molar-refractivity contribution is 5.92. The standard InChI is InChI=1S/C47H62N4O7/c1-6-15-38-29-46(23-21-40(38)53)28-37(31-51(46)43(56)58-33-36-19-12-9-13-20-36)27-44(4,5)49-41(54)47(48-34(3)52)25-24-45(30-39(47)16-7-2)22-14-26-50(45)42(55)57-32-35-17-10-8-11-18-35/h6-13,17-20,37-39H,1-2,14-16,21-33H2,3-5H3,(H,48,52)(H,49,54). The van der Waals surface area contributed by atoms with Gasteiger partial charge in [0, 0.05) is 49.0 Å². The number of nitrogens with zero attached hydrogens (tertiary/aromatic N) is 2. The Bertz CT molecular complexity index is 1830. The first-order valence-electron chi connectivity index (χ1n) is 21.1. The fourth-order valence-electron chi connectivity index (χ4n) is 10.8. The van der Waals surface area contributed by atoms with Gasteiger partial charge in [0.1, 0.15) is 24.5 Å². The fraction of sp³-hybridized carbons (Fsp3) is 0.553. The smallest absolute Gasteiger partial charge is 0.410 e. The second-order valence-electron chi connectivity index (χ2n) is 18.0. The van der Waals surface area contributed by atoms with Gasteiger partial charge >= 0.3 is 12.2 Å². The van der Waals surface area contributed by atoms with Gasteiger partial charge in [0.15, 0.2) is 0 Å². The van der Waals surface area contributed by atoms with Gasteiger partial charge in [-0.2, -0.15) is 0 Å².